The number of hydrogen-bond donors (Lipinski definition) is 2. The number of carbonyl (C=O) groups is 1. The van der Waals surface area contributed by atoms with Gasteiger partial charge in [0.2, 0.25) is 0 Å². The van der Waals surface area contributed by atoms with Crippen molar-refractivity contribution in [1.29, 1.82) is 5.26 Å². The Morgan fingerprint density at radius 2 is 2.10 bits per heavy atom. The third-order valence-corrected chi connectivity index (χ3v) is 2.99. The van der Waals surface area contributed by atoms with Crippen LogP contribution in [0.25, 0.3) is 22.4 Å². The number of aromatic nitrogens is 2. The third-order valence-electron chi connectivity index (χ3n) is 2.99. The lowest BCUT2D eigenvalue weighted by Crippen LogP contribution is -1.94. The summed E-state index contributed by atoms with van der Waals surface area (Å²) < 4.78 is 0. The molecule has 20 heavy (non-hydrogen) atoms. The monoisotopic (exact) mass is 263 g/mol. The fourth-order valence-corrected chi connectivity index (χ4v) is 2.02. The van der Waals surface area contributed by atoms with E-state index in [4.69, 9.17) is 10.4 Å². The number of H-pyrrole nitrogens is 1. The topological polar surface area (TPSA) is 89.8 Å². The maximum Gasteiger partial charge on any atom is 0.335 e. The molecule has 5 nitrogen and oxygen atoms in total. The summed E-state index contributed by atoms with van der Waals surface area (Å²) in [5.41, 5.74) is 2.89. The number of imidazole rings is 1. The highest BCUT2D eigenvalue weighted by Crippen LogP contribution is 2.22. The summed E-state index contributed by atoms with van der Waals surface area (Å²) in [6.07, 6.45) is 0. The maximum absolute atomic E-state index is 10.9. The molecule has 3 rings (SSSR count). The van der Waals surface area contributed by atoms with E-state index in [1.54, 1.807) is 30.3 Å². The van der Waals surface area contributed by atoms with Crippen LogP contribution in [-0.4, -0.2) is 21.0 Å². The molecule has 0 saturated heterocycles. The van der Waals surface area contributed by atoms with Crippen molar-refractivity contribution in [1.82, 2.24) is 9.97 Å². The van der Waals surface area contributed by atoms with Gasteiger partial charge in [0.25, 0.3) is 0 Å². The molecule has 2 aromatic carbocycles. The van der Waals surface area contributed by atoms with Gasteiger partial charge in [-0.25, -0.2) is 9.78 Å². The predicted octanol–water partition coefficient (Wildman–Crippen LogP) is 2.80. The Labute approximate surface area is 114 Å². The molecule has 0 aliphatic carbocycles. The molecule has 0 spiro atoms. The van der Waals surface area contributed by atoms with Gasteiger partial charge in [0.05, 0.1) is 28.2 Å². The van der Waals surface area contributed by atoms with Crippen LogP contribution in [0.4, 0.5) is 0 Å². The zero-order valence-corrected chi connectivity index (χ0v) is 10.3. The Hall–Kier alpha value is -3.13. The minimum Gasteiger partial charge on any atom is -0.478 e. The number of carboxylic acid groups (broad SMARTS) is 1. The molecule has 0 amide bonds. The lowest BCUT2D eigenvalue weighted by molar-refractivity contribution is 0.0697. The van der Waals surface area contributed by atoms with E-state index in [2.05, 4.69) is 16.0 Å². The van der Waals surface area contributed by atoms with Gasteiger partial charge in [-0.05, 0) is 30.3 Å². The first-order valence-corrected chi connectivity index (χ1v) is 5.91. The van der Waals surface area contributed by atoms with Gasteiger partial charge in [0.1, 0.15) is 5.82 Å². The quantitative estimate of drug-likeness (QED) is 0.743. The van der Waals surface area contributed by atoms with E-state index < -0.39 is 5.97 Å². The van der Waals surface area contributed by atoms with Crippen molar-refractivity contribution < 1.29 is 9.90 Å². The lowest BCUT2D eigenvalue weighted by atomic mass is 10.1. The second kappa shape index (κ2) is 4.52. The highest BCUT2D eigenvalue weighted by Gasteiger charge is 2.09. The second-order valence-corrected chi connectivity index (χ2v) is 4.32. The summed E-state index contributed by atoms with van der Waals surface area (Å²) in [6, 6.07) is 13.9. The van der Waals surface area contributed by atoms with Crippen molar-refractivity contribution in [3.8, 4) is 17.5 Å². The molecule has 0 aliphatic rings. The first kappa shape index (κ1) is 11.9. The predicted molar refractivity (Wildman–Crippen MR) is 73.2 cm³/mol. The number of aromatic amines is 1. The minimum absolute atomic E-state index is 0.207. The van der Waals surface area contributed by atoms with Crippen LogP contribution in [-0.2, 0) is 0 Å². The smallest absolute Gasteiger partial charge is 0.335 e. The van der Waals surface area contributed by atoms with Gasteiger partial charge in [-0.1, -0.05) is 12.1 Å². The fourth-order valence-electron chi connectivity index (χ4n) is 2.02. The number of carboxylic acids is 1. The van der Waals surface area contributed by atoms with Gasteiger partial charge >= 0.3 is 5.97 Å². The highest BCUT2D eigenvalue weighted by molar-refractivity contribution is 5.93. The number of rotatable bonds is 2. The zero-order chi connectivity index (χ0) is 14.1. The zero-order valence-electron chi connectivity index (χ0n) is 10.3. The molecule has 5 heteroatoms. The lowest BCUT2D eigenvalue weighted by Gasteiger charge is -1.96. The van der Waals surface area contributed by atoms with Crippen LogP contribution in [0.5, 0.6) is 0 Å². The number of nitriles is 1. The molecule has 0 fully saturated rings. The Morgan fingerprint density at radius 1 is 1.25 bits per heavy atom. The molecule has 0 saturated carbocycles. The summed E-state index contributed by atoms with van der Waals surface area (Å²) in [7, 11) is 0. The van der Waals surface area contributed by atoms with Crippen molar-refractivity contribution in [3.05, 3.63) is 53.6 Å². The van der Waals surface area contributed by atoms with Crippen molar-refractivity contribution in [2.45, 2.75) is 0 Å². The highest BCUT2D eigenvalue weighted by atomic mass is 16.4. The number of benzene rings is 2. The first-order chi connectivity index (χ1) is 9.67. The average molecular weight is 263 g/mol. The van der Waals surface area contributed by atoms with Crippen LogP contribution in [0.15, 0.2) is 42.5 Å². The summed E-state index contributed by atoms with van der Waals surface area (Å²) in [5.74, 6) is -0.367. The maximum atomic E-state index is 10.9. The number of aromatic carboxylic acids is 1. The van der Waals surface area contributed by atoms with Crippen molar-refractivity contribution in [2.24, 2.45) is 0 Å². The molecular formula is C15H9N3O2. The molecular weight excluding hydrogens is 254 g/mol. The van der Waals surface area contributed by atoms with Gasteiger partial charge in [0.15, 0.2) is 0 Å². The molecule has 1 heterocycles. The van der Waals surface area contributed by atoms with Gasteiger partial charge in [-0.2, -0.15) is 5.26 Å². The molecule has 0 radical (unpaired) electrons. The molecule has 3 aromatic rings. The summed E-state index contributed by atoms with van der Waals surface area (Å²) in [5, 5.41) is 17.9. The van der Waals surface area contributed by atoms with Crippen LogP contribution in [0.1, 0.15) is 15.9 Å². The van der Waals surface area contributed by atoms with E-state index in [0.29, 0.717) is 22.4 Å². The van der Waals surface area contributed by atoms with Crippen molar-refractivity contribution >= 4 is 17.0 Å². The third kappa shape index (κ3) is 1.99. The van der Waals surface area contributed by atoms with E-state index in [1.165, 1.54) is 6.07 Å². The number of hydrogen-bond acceptors (Lipinski definition) is 3. The van der Waals surface area contributed by atoms with Gasteiger partial charge in [-0.3, -0.25) is 0 Å². The van der Waals surface area contributed by atoms with E-state index >= 15 is 0 Å². The number of nitrogens with zero attached hydrogens (tertiary/aromatic N) is 2. The summed E-state index contributed by atoms with van der Waals surface area (Å²) >= 11 is 0. The van der Waals surface area contributed by atoms with E-state index in [1.807, 2.05) is 6.07 Å². The summed E-state index contributed by atoms with van der Waals surface area (Å²) in [4.78, 5) is 18.4. The van der Waals surface area contributed by atoms with Gasteiger partial charge in [-0.15, -0.1) is 0 Å². The van der Waals surface area contributed by atoms with Gasteiger partial charge < -0.3 is 10.1 Å². The minimum atomic E-state index is -0.977. The Bertz CT molecular complexity index is 859. The van der Waals surface area contributed by atoms with Crippen molar-refractivity contribution in [3.63, 3.8) is 0 Å². The molecule has 2 N–H and O–H groups in total. The molecule has 0 bridgehead atoms. The Morgan fingerprint density at radius 3 is 2.85 bits per heavy atom. The van der Waals surface area contributed by atoms with Crippen LogP contribution in [0, 0.1) is 11.3 Å². The first-order valence-electron chi connectivity index (χ1n) is 5.91. The molecule has 96 valence electrons. The van der Waals surface area contributed by atoms with Crippen LogP contribution < -0.4 is 0 Å². The van der Waals surface area contributed by atoms with E-state index in [9.17, 15) is 4.79 Å². The number of fused-ring (bicyclic) bond motifs is 1. The normalized spacial score (nSPS) is 10.3. The molecule has 0 atom stereocenters. The largest absolute Gasteiger partial charge is 0.478 e. The van der Waals surface area contributed by atoms with Gasteiger partial charge in [0, 0.05) is 5.56 Å². The average Bonchev–Trinajstić information content (AvgIpc) is 2.90. The summed E-state index contributed by atoms with van der Waals surface area (Å²) in [6.45, 7) is 0. The number of nitrogens with one attached hydrogen (secondary N) is 1. The fraction of sp³-hybridized carbons (Fsp3) is 0. The molecule has 0 aliphatic heterocycles. The second-order valence-electron chi connectivity index (χ2n) is 4.32. The molecule has 1 aromatic heterocycles. The Balaban J connectivity index is 2.13. The Kier molecular flexibility index (Phi) is 2.70. The van der Waals surface area contributed by atoms with E-state index in [-0.39, 0.29) is 5.56 Å². The van der Waals surface area contributed by atoms with E-state index in [0.717, 1.165) is 5.56 Å². The SMILES string of the molecule is N#Cc1cccc(-c2nc3ccc(C(=O)O)cc3[nH]2)c1. The van der Waals surface area contributed by atoms with Crippen molar-refractivity contribution in [2.75, 3.05) is 0 Å². The standard InChI is InChI=1S/C15H9N3O2/c16-8-9-2-1-3-10(6-9)14-17-12-5-4-11(15(19)20)7-13(12)18-14/h1-7H,(H,17,18)(H,19,20). The molecule has 0 unspecified atom stereocenters. The van der Waals surface area contributed by atoms with Crippen LogP contribution in [0.3, 0.4) is 0 Å². The van der Waals surface area contributed by atoms with Crippen LogP contribution >= 0.6 is 0 Å². The van der Waals surface area contributed by atoms with Crippen LogP contribution in [0.2, 0.25) is 0 Å².